The summed E-state index contributed by atoms with van der Waals surface area (Å²) in [6, 6.07) is 5.09. The lowest BCUT2D eigenvalue weighted by atomic mass is 10.0. The first kappa shape index (κ1) is 16.5. The van der Waals surface area contributed by atoms with Crippen molar-refractivity contribution >= 4 is 5.78 Å². The normalized spacial score (nSPS) is 25.3. The molecule has 1 heterocycles. The summed E-state index contributed by atoms with van der Waals surface area (Å²) in [6.45, 7) is 2.52. The Morgan fingerprint density at radius 3 is 2.65 bits per heavy atom. The van der Waals surface area contributed by atoms with E-state index in [-0.39, 0.29) is 12.0 Å². The van der Waals surface area contributed by atoms with Crippen LogP contribution in [0.15, 0.2) is 24.3 Å². The number of fused-ring (bicyclic) bond motifs is 2. The van der Waals surface area contributed by atoms with E-state index in [0.717, 1.165) is 31.5 Å². The lowest BCUT2D eigenvalue weighted by Gasteiger charge is -2.24. The lowest BCUT2D eigenvalue weighted by molar-refractivity contribution is -0.137. The SMILES string of the molecule is O=C(CCN1CC[C@@H]2CC[C@@H](C2)C1)c1ccccc1C(F)(F)F. The van der Waals surface area contributed by atoms with Crippen LogP contribution < -0.4 is 0 Å². The Hall–Kier alpha value is -1.36. The molecule has 1 aliphatic heterocycles. The zero-order valence-corrected chi connectivity index (χ0v) is 13.1. The zero-order chi connectivity index (χ0) is 16.4. The molecule has 2 bridgehead atoms. The molecular formula is C18H22F3NO. The summed E-state index contributed by atoms with van der Waals surface area (Å²) in [5.41, 5.74) is -1.02. The van der Waals surface area contributed by atoms with Gasteiger partial charge in [-0.3, -0.25) is 4.79 Å². The maximum atomic E-state index is 13.0. The Morgan fingerprint density at radius 1 is 1.13 bits per heavy atom. The molecule has 5 heteroatoms. The van der Waals surface area contributed by atoms with Gasteiger partial charge in [0.2, 0.25) is 0 Å². The highest BCUT2D eigenvalue weighted by atomic mass is 19.4. The Labute approximate surface area is 134 Å². The molecule has 0 aromatic heterocycles. The molecule has 0 spiro atoms. The maximum Gasteiger partial charge on any atom is 0.417 e. The minimum Gasteiger partial charge on any atom is -0.303 e. The van der Waals surface area contributed by atoms with Crippen LogP contribution in [0, 0.1) is 11.8 Å². The fourth-order valence-corrected chi connectivity index (χ4v) is 4.00. The van der Waals surface area contributed by atoms with Gasteiger partial charge in [0, 0.05) is 25.1 Å². The van der Waals surface area contributed by atoms with Gasteiger partial charge in [-0.2, -0.15) is 13.2 Å². The molecule has 2 atom stereocenters. The molecule has 0 N–H and O–H groups in total. The number of hydrogen-bond acceptors (Lipinski definition) is 2. The number of nitrogens with zero attached hydrogens (tertiary/aromatic N) is 1. The predicted molar refractivity (Wildman–Crippen MR) is 82.3 cm³/mol. The fraction of sp³-hybridized carbons (Fsp3) is 0.611. The Kier molecular flexibility index (Phi) is 4.76. The number of carbonyl (C=O) groups is 1. The first-order valence-corrected chi connectivity index (χ1v) is 8.35. The second-order valence-corrected chi connectivity index (χ2v) is 6.85. The van der Waals surface area contributed by atoms with Crippen molar-refractivity contribution < 1.29 is 18.0 Å². The van der Waals surface area contributed by atoms with Crippen molar-refractivity contribution in [3.8, 4) is 0 Å². The number of halogens is 3. The number of alkyl halides is 3. The number of carbonyl (C=O) groups excluding carboxylic acids is 1. The smallest absolute Gasteiger partial charge is 0.303 e. The number of hydrogen-bond donors (Lipinski definition) is 0. The largest absolute Gasteiger partial charge is 0.417 e. The van der Waals surface area contributed by atoms with Gasteiger partial charge in [0.25, 0.3) is 0 Å². The van der Waals surface area contributed by atoms with E-state index in [1.165, 1.54) is 37.5 Å². The molecule has 2 aliphatic rings. The van der Waals surface area contributed by atoms with Crippen LogP contribution >= 0.6 is 0 Å². The standard InChI is InChI=1S/C18H22F3NO/c19-18(20,21)16-4-2-1-3-15(16)17(23)8-10-22-9-7-13-5-6-14(11-13)12-22/h1-4,13-14H,5-12H2/t13-,14-/m0/s1. The summed E-state index contributed by atoms with van der Waals surface area (Å²) in [7, 11) is 0. The van der Waals surface area contributed by atoms with Crippen molar-refractivity contribution in [2.45, 2.75) is 38.3 Å². The summed E-state index contributed by atoms with van der Waals surface area (Å²) in [5.74, 6) is 1.11. The molecule has 2 fully saturated rings. The van der Waals surface area contributed by atoms with Gasteiger partial charge < -0.3 is 4.90 Å². The third-order valence-electron chi connectivity index (χ3n) is 5.21. The zero-order valence-electron chi connectivity index (χ0n) is 13.1. The second kappa shape index (κ2) is 6.63. The van der Waals surface area contributed by atoms with E-state index < -0.39 is 17.5 Å². The van der Waals surface area contributed by atoms with Gasteiger partial charge in [0.05, 0.1) is 5.56 Å². The number of rotatable bonds is 4. The van der Waals surface area contributed by atoms with Crippen molar-refractivity contribution in [3.63, 3.8) is 0 Å². The summed E-state index contributed by atoms with van der Waals surface area (Å²) in [5, 5.41) is 0. The molecule has 23 heavy (non-hydrogen) atoms. The van der Waals surface area contributed by atoms with E-state index in [4.69, 9.17) is 0 Å². The van der Waals surface area contributed by atoms with Crippen molar-refractivity contribution in [2.75, 3.05) is 19.6 Å². The van der Waals surface area contributed by atoms with E-state index >= 15 is 0 Å². The molecule has 126 valence electrons. The number of ketones is 1. The van der Waals surface area contributed by atoms with Gasteiger partial charge in [0.15, 0.2) is 5.78 Å². The Bertz CT molecular complexity index is 570. The van der Waals surface area contributed by atoms with Gasteiger partial charge in [-0.05, 0) is 43.7 Å². The minimum atomic E-state index is -4.48. The van der Waals surface area contributed by atoms with E-state index in [1.54, 1.807) is 0 Å². The predicted octanol–water partition coefficient (Wildman–Crippen LogP) is 4.40. The summed E-state index contributed by atoms with van der Waals surface area (Å²) in [4.78, 5) is 14.5. The first-order chi connectivity index (χ1) is 10.9. The molecule has 1 aromatic carbocycles. The van der Waals surface area contributed by atoms with E-state index in [1.807, 2.05) is 0 Å². The molecule has 1 aliphatic carbocycles. The van der Waals surface area contributed by atoms with E-state index in [0.29, 0.717) is 12.5 Å². The molecular weight excluding hydrogens is 303 g/mol. The van der Waals surface area contributed by atoms with Gasteiger partial charge >= 0.3 is 6.18 Å². The molecule has 1 saturated carbocycles. The Morgan fingerprint density at radius 2 is 1.87 bits per heavy atom. The van der Waals surface area contributed by atoms with Gasteiger partial charge in [-0.1, -0.05) is 24.6 Å². The quantitative estimate of drug-likeness (QED) is 0.765. The van der Waals surface area contributed by atoms with E-state index in [2.05, 4.69) is 4.90 Å². The van der Waals surface area contributed by atoms with Crippen LogP contribution in [0.2, 0.25) is 0 Å². The average Bonchev–Trinajstić information content (AvgIpc) is 2.85. The molecule has 0 amide bonds. The summed E-state index contributed by atoms with van der Waals surface area (Å²) >= 11 is 0. The van der Waals surface area contributed by atoms with Crippen LogP contribution in [-0.4, -0.2) is 30.3 Å². The van der Waals surface area contributed by atoms with Crippen LogP contribution in [0.1, 0.15) is 48.0 Å². The second-order valence-electron chi connectivity index (χ2n) is 6.85. The highest BCUT2D eigenvalue weighted by Gasteiger charge is 2.35. The van der Waals surface area contributed by atoms with Crippen LogP contribution in [0.4, 0.5) is 13.2 Å². The topological polar surface area (TPSA) is 20.3 Å². The molecule has 3 rings (SSSR count). The van der Waals surface area contributed by atoms with Crippen LogP contribution in [0.3, 0.4) is 0 Å². The van der Waals surface area contributed by atoms with Crippen molar-refractivity contribution in [1.29, 1.82) is 0 Å². The number of Topliss-reactive ketones (excluding diaryl/α,β-unsaturated/α-hetero) is 1. The highest BCUT2D eigenvalue weighted by Crippen LogP contribution is 2.36. The van der Waals surface area contributed by atoms with E-state index in [9.17, 15) is 18.0 Å². The van der Waals surface area contributed by atoms with Gasteiger partial charge in [0.1, 0.15) is 0 Å². The molecule has 1 aromatic rings. The third kappa shape index (κ3) is 3.94. The minimum absolute atomic E-state index is 0.157. The Balaban J connectivity index is 1.62. The third-order valence-corrected chi connectivity index (χ3v) is 5.21. The summed E-state index contributed by atoms with van der Waals surface area (Å²) in [6.07, 6.45) is 0.687. The number of likely N-dealkylation sites (tertiary alicyclic amines) is 1. The maximum absolute atomic E-state index is 13.0. The van der Waals surface area contributed by atoms with Crippen LogP contribution in [-0.2, 0) is 6.18 Å². The van der Waals surface area contributed by atoms with Gasteiger partial charge in [-0.25, -0.2) is 0 Å². The molecule has 0 unspecified atom stereocenters. The van der Waals surface area contributed by atoms with Crippen molar-refractivity contribution in [2.24, 2.45) is 11.8 Å². The van der Waals surface area contributed by atoms with Crippen LogP contribution in [0.5, 0.6) is 0 Å². The first-order valence-electron chi connectivity index (χ1n) is 8.35. The van der Waals surface area contributed by atoms with Gasteiger partial charge in [-0.15, -0.1) is 0 Å². The lowest BCUT2D eigenvalue weighted by Crippen LogP contribution is -2.31. The monoisotopic (exact) mass is 325 g/mol. The highest BCUT2D eigenvalue weighted by molar-refractivity contribution is 5.97. The molecule has 2 nitrogen and oxygen atoms in total. The molecule has 0 radical (unpaired) electrons. The number of benzene rings is 1. The van der Waals surface area contributed by atoms with Crippen LogP contribution in [0.25, 0.3) is 0 Å². The van der Waals surface area contributed by atoms with Crippen molar-refractivity contribution in [1.82, 2.24) is 4.90 Å². The molecule has 1 saturated heterocycles. The average molecular weight is 325 g/mol. The van der Waals surface area contributed by atoms with Crippen molar-refractivity contribution in [3.05, 3.63) is 35.4 Å². The summed E-state index contributed by atoms with van der Waals surface area (Å²) < 4.78 is 39.0. The fourth-order valence-electron chi connectivity index (χ4n) is 4.00.